The maximum absolute atomic E-state index is 10.1. The fourth-order valence-electron chi connectivity index (χ4n) is 0.286. The summed E-state index contributed by atoms with van der Waals surface area (Å²) in [6.07, 6.45) is 2.45. The van der Waals surface area contributed by atoms with Crippen LogP contribution in [0.3, 0.4) is 0 Å². The van der Waals surface area contributed by atoms with E-state index in [0.717, 1.165) is 6.42 Å². The highest BCUT2D eigenvalue weighted by Crippen LogP contribution is 1.81. The van der Waals surface area contributed by atoms with Crippen molar-refractivity contribution in [3.63, 3.8) is 0 Å². The molecule has 0 fully saturated rings. The van der Waals surface area contributed by atoms with Crippen molar-refractivity contribution in [3.8, 4) is 0 Å². The summed E-state index contributed by atoms with van der Waals surface area (Å²) < 4.78 is 4.57. The van der Waals surface area contributed by atoms with E-state index in [1.165, 1.54) is 6.92 Å². The summed E-state index contributed by atoms with van der Waals surface area (Å²) >= 11 is 0. The lowest BCUT2D eigenvalue weighted by Gasteiger charge is -1.94. The van der Waals surface area contributed by atoms with Gasteiger partial charge in [0.25, 0.3) is 0 Å². The van der Waals surface area contributed by atoms with E-state index in [1.807, 2.05) is 0 Å². The summed E-state index contributed by atoms with van der Waals surface area (Å²) in [7, 11) is 0. The van der Waals surface area contributed by atoms with E-state index in [-0.39, 0.29) is 5.97 Å². The van der Waals surface area contributed by atoms with Crippen molar-refractivity contribution < 1.29 is 9.53 Å². The van der Waals surface area contributed by atoms with Gasteiger partial charge < -0.3 is 4.74 Å². The molecule has 0 aromatic rings. The zero-order valence-electron chi connectivity index (χ0n) is 5.02. The molecule has 8 heavy (non-hydrogen) atoms. The van der Waals surface area contributed by atoms with Crippen molar-refractivity contribution >= 4 is 5.97 Å². The molecule has 0 radical (unpaired) electrons. The lowest BCUT2D eigenvalue weighted by Crippen LogP contribution is -1.98. The van der Waals surface area contributed by atoms with Crippen molar-refractivity contribution in [2.75, 3.05) is 6.61 Å². The predicted molar refractivity (Wildman–Crippen MR) is 31.4 cm³/mol. The van der Waals surface area contributed by atoms with Gasteiger partial charge in [0.05, 0.1) is 6.61 Å². The summed E-state index contributed by atoms with van der Waals surface area (Å²) in [5.41, 5.74) is 0. The maximum Gasteiger partial charge on any atom is 0.302 e. The van der Waals surface area contributed by atoms with Crippen LogP contribution in [0.15, 0.2) is 12.7 Å². The Morgan fingerprint density at radius 1 is 1.88 bits per heavy atom. The number of rotatable bonds is 3. The van der Waals surface area contributed by atoms with E-state index in [2.05, 4.69) is 11.3 Å². The molecule has 0 amide bonds. The van der Waals surface area contributed by atoms with Gasteiger partial charge in [0, 0.05) is 6.92 Å². The van der Waals surface area contributed by atoms with Gasteiger partial charge in [0.2, 0.25) is 0 Å². The van der Waals surface area contributed by atoms with E-state index >= 15 is 0 Å². The zero-order chi connectivity index (χ0) is 6.41. The summed E-state index contributed by atoms with van der Waals surface area (Å²) in [5, 5.41) is 0. The number of ether oxygens (including phenoxy) is 1. The molecular formula is C6H10O2. The lowest BCUT2D eigenvalue weighted by atomic mass is 10.5. The van der Waals surface area contributed by atoms with Crippen LogP contribution < -0.4 is 0 Å². The van der Waals surface area contributed by atoms with Crippen LogP contribution in [0.5, 0.6) is 0 Å². The fourth-order valence-corrected chi connectivity index (χ4v) is 0.286. The van der Waals surface area contributed by atoms with Crippen LogP contribution in [-0.2, 0) is 9.53 Å². The van der Waals surface area contributed by atoms with Crippen LogP contribution in [0.2, 0.25) is 0 Å². The first-order chi connectivity index (χ1) is 3.77. The van der Waals surface area contributed by atoms with Crippen LogP contribution >= 0.6 is 0 Å². The Balaban J connectivity index is 2.93. The predicted octanol–water partition coefficient (Wildman–Crippen LogP) is 1.13. The van der Waals surface area contributed by atoms with Gasteiger partial charge in [-0.1, -0.05) is 6.08 Å². The highest BCUT2D eigenvalue weighted by atomic mass is 16.5. The zero-order valence-corrected chi connectivity index (χ0v) is 5.02. The first-order valence-electron chi connectivity index (χ1n) is 2.51. The second-order valence-corrected chi connectivity index (χ2v) is 1.42. The highest BCUT2D eigenvalue weighted by molar-refractivity contribution is 5.65. The molecule has 0 aromatic heterocycles. The van der Waals surface area contributed by atoms with E-state index in [9.17, 15) is 4.79 Å². The molecule has 0 aliphatic rings. The molecule has 0 saturated heterocycles. The Bertz CT molecular complexity index is 86.5. The Hall–Kier alpha value is -0.790. The van der Waals surface area contributed by atoms with Gasteiger partial charge in [-0.15, -0.1) is 6.58 Å². The van der Waals surface area contributed by atoms with Crippen LogP contribution in [0.1, 0.15) is 13.3 Å². The molecule has 2 heteroatoms. The Morgan fingerprint density at radius 3 is 2.88 bits per heavy atom. The van der Waals surface area contributed by atoms with Crippen LogP contribution in [0.25, 0.3) is 0 Å². The number of esters is 1. The molecule has 0 spiro atoms. The fraction of sp³-hybridized carbons (Fsp3) is 0.500. The molecule has 0 rings (SSSR count). The molecule has 0 heterocycles. The van der Waals surface area contributed by atoms with E-state index in [1.54, 1.807) is 6.08 Å². The number of hydrogen-bond donors (Lipinski definition) is 0. The Kier molecular flexibility index (Phi) is 3.94. The highest BCUT2D eigenvalue weighted by Gasteiger charge is 1.86. The van der Waals surface area contributed by atoms with Crippen molar-refractivity contribution in [2.45, 2.75) is 13.3 Å². The minimum Gasteiger partial charge on any atom is -0.466 e. The molecule has 0 atom stereocenters. The number of carbonyl (C=O) groups is 1. The van der Waals surface area contributed by atoms with Gasteiger partial charge in [-0.2, -0.15) is 0 Å². The quantitative estimate of drug-likeness (QED) is 0.312. The average molecular weight is 114 g/mol. The second kappa shape index (κ2) is 4.37. The molecule has 0 N–H and O–H groups in total. The molecule has 0 unspecified atom stereocenters. The molecule has 0 aromatic carbocycles. The second-order valence-electron chi connectivity index (χ2n) is 1.42. The summed E-state index contributed by atoms with van der Waals surface area (Å²) in [6, 6.07) is 0. The monoisotopic (exact) mass is 114 g/mol. The van der Waals surface area contributed by atoms with Crippen molar-refractivity contribution in [1.82, 2.24) is 0 Å². The van der Waals surface area contributed by atoms with Gasteiger partial charge in [-0.3, -0.25) is 4.79 Å². The molecular weight excluding hydrogens is 104 g/mol. The van der Waals surface area contributed by atoms with Crippen LogP contribution in [-0.4, -0.2) is 12.6 Å². The standard InChI is InChI=1S/C6H10O2/c1-3-4-5-8-6(2)7/h3H,1,4-5H2,2H3. The van der Waals surface area contributed by atoms with Gasteiger partial charge in [-0.25, -0.2) is 0 Å². The van der Waals surface area contributed by atoms with Crippen LogP contribution in [0.4, 0.5) is 0 Å². The number of hydrogen-bond acceptors (Lipinski definition) is 2. The third kappa shape index (κ3) is 5.21. The third-order valence-electron chi connectivity index (χ3n) is 0.627. The minimum atomic E-state index is -0.230. The van der Waals surface area contributed by atoms with Gasteiger partial charge in [0.1, 0.15) is 0 Å². The Labute approximate surface area is 49.1 Å². The van der Waals surface area contributed by atoms with Crippen molar-refractivity contribution in [3.05, 3.63) is 12.7 Å². The smallest absolute Gasteiger partial charge is 0.302 e. The van der Waals surface area contributed by atoms with Crippen molar-refractivity contribution in [2.24, 2.45) is 0 Å². The van der Waals surface area contributed by atoms with E-state index < -0.39 is 0 Å². The summed E-state index contributed by atoms with van der Waals surface area (Å²) in [5.74, 6) is -0.230. The van der Waals surface area contributed by atoms with Crippen molar-refractivity contribution in [1.29, 1.82) is 0 Å². The normalized spacial score (nSPS) is 8.12. The summed E-state index contributed by atoms with van der Waals surface area (Å²) in [4.78, 5) is 10.1. The average Bonchev–Trinajstić information content (AvgIpc) is 1.66. The molecule has 46 valence electrons. The molecule has 0 aliphatic carbocycles. The van der Waals surface area contributed by atoms with E-state index in [4.69, 9.17) is 0 Å². The summed E-state index contributed by atoms with van der Waals surface area (Å²) in [6.45, 7) is 5.32. The van der Waals surface area contributed by atoms with Gasteiger partial charge in [0.15, 0.2) is 0 Å². The first kappa shape index (κ1) is 7.21. The SMILES string of the molecule is C=CCCOC(C)=O. The lowest BCUT2D eigenvalue weighted by molar-refractivity contribution is -0.140. The van der Waals surface area contributed by atoms with Gasteiger partial charge >= 0.3 is 5.97 Å². The van der Waals surface area contributed by atoms with E-state index in [0.29, 0.717) is 6.61 Å². The third-order valence-corrected chi connectivity index (χ3v) is 0.627. The molecule has 0 saturated carbocycles. The molecule has 0 aliphatic heterocycles. The first-order valence-corrected chi connectivity index (χ1v) is 2.51. The van der Waals surface area contributed by atoms with Crippen LogP contribution in [0, 0.1) is 0 Å². The number of carbonyl (C=O) groups excluding carboxylic acids is 1. The molecule has 2 nitrogen and oxygen atoms in total. The van der Waals surface area contributed by atoms with Gasteiger partial charge in [-0.05, 0) is 6.42 Å². The molecule has 0 bridgehead atoms. The Morgan fingerprint density at radius 2 is 2.50 bits per heavy atom. The minimum absolute atomic E-state index is 0.230. The largest absolute Gasteiger partial charge is 0.466 e. The topological polar surface area (TPSA) is 26.3 Å². The maximum atomic E-state index is 10.1.